The third-order valence-electron chi connectivity index (χ3n) is 3.79. The Balaban J connectivity index is 1.99. The van der Waals surface area contributed by atoms with Crippen LogP contribution >= 0.6 is 15.9 Å². The van der Waals surface area contributed by atoms with Crippen LogP contribution in [0.3, 0.4) is 0 Å². The molecule has 2 atom stereocenters. The van der Waals surface area contributed by atoms with Gasteiger partial charge in [0.2, 0.25) is 0 Å². The number of hydrogen-bond acceptors (Lipinski definition) is 2. The molecule has 112 valence electrons. The molecule has 2 rings (SSSR count). The van der Waals surface area contributed by atoms with Crippen LogP contribution in [0.2, 0.25) is 0 Å². The minimum Gasteiger partial charge on any atom is -0.378 e. The van der Waals surface area contributed by atoms with E-state index in [0.29, 0.717) is 10.6 Å². The second-order valence-electron chi connectivity index (χ2n) is 5.39. The Bertz CT molecular complexity index is 421. The molecule has 1 fully saturated rings. The Kier molecular flexibility index (Phi) is 6.46. The highest BCUT2D eigenvalue weighted by Gasteiger charge is 2.19. The summed E-state index contributed by atoms with van der Waals surface area (Å²) in [4.78, 5) is 0. The molecule has 0 spiro atoms. The molecule has 2 nitrogen and oxygen atoms in total. The van der Waals surface area contributed by atoms with Crippen LogP contribution in [0.15, 0.2) is 22.7 Å². The summed E-state index contributed by atoms with van der Waals surface area (Å²) in [6, 6.07) is 5.63. The number of nitrogens with one attached hydrogen (secondary N) is 1. The molecule has 0 radical (unpaired) electrons. The quantitative estimate of drug-likeness (QED) is 0.781. The van der Waals surface area contributed by atoms with E-state index in [4.69, 9.17) is 4.74 Å². The Morgan fingerprint density at radius 2 is 2.35 bits per heavy atom. The van der Waals surface area contributed by atoms with Crippen molar-refractivity contribution in [3.63, 3.8) is 0 Å². The summed E-state index contributed by atoms with van der Waals surface area (Å²) in [6.45, 7) is 3.99. The summed E-state index contributed by atoms with van der Waals surface area (Å²) in [6.07, 6.45) is 5.83. The number of halogens is 2. The average Bonchev–Trinajstić information content (AvgIpc) is 2.95. The first-order valence-electron chi connectivity index (χ1n) is 7.50. The second kappa shape index (κ2) is 8.11. The zero-order valence-corrected chi connectivity index (χ0v) is 13.6. The smallest absolute Gasteiger partial charge is 0.137 e. The van der Waals surface area contributed by atoms with E-state index in [1.165, 1.54) is 6.42 Å². The highest BCUT2D eigenvalue weighted by atomic mass is 79.9. The van der Waals surface area contributed by atoms with Crippen LogP contribution in [0.1, 0.15) is 50.6 Å². The second-order valence-corrected chi connectivity index (χ2v) is 6.25. The molecule has 0 bridgehead atoms. The first-order chi connectivity index (χ1) is 9.70. The van der Waals surface area contributed by atoms with Gasteiger partial charge in [0.25, 0.3) is 0 Å². The van der Waals surface area contributed by atoms with Gasteiger partial charge in [-0.15, -0.1) is 0 Å². The zero-order valence-electron chi connectivity index (χ0n) is 12.0. The molecule has 1 N–H and O–H groups in total. The fourth-order valence-corrected chi connectivity index (χ4v) is 2.91. The molecule has 0 aliphatic carbocycles. The van der Waals surface area contributed by atoms with E-state index in [-0.39, 0.29) is 11.9 Å². The van der Waals surface area contributed by atoms with Crippen molar-refractivity contribution in [1.29, 1.82) is 0 Å². The molecule has 0 aromatic heterocycles. The molecule has 1 aromatic carbocycles. The molecular weight excluding hydrogens is 321 g/mol. The molecule has 0 saturated carbocycles. The predicted octanol–water partition coefficient (Wildman–Crippen LogP) is 4.59. The van der Waals surface area contributed by atoms with Crippen molar-refractivity contribution in [2.45, 2.75) is 51.2 Å². The van der Waals surface area contributed by atoms with E-state index in [9.17, 15) is 4.39 Å². The summed E-state index contributed by atoms with van der Waals surface area (Å²) in [5, 5.41) is 3.52. The van der Waals surface area contributed by atoms with Crippen molar-refractivity contribution in [3.8, 4) is 0 Å². The largest absolute Gasteiger partial charge is 0.378 e. The van der Waals surface area contributed by atoms with E-state index in [1.54, 1.807) is 12.1 Å². The Morgan fingerprint density at radius 1 is 1.50 bits per heavy atom. The maximum Gasteiger partial charge on any atom is 0.137 e. The van der Waals surface area contributed by atoms with Crippen LogP contribution in [-0.4, -0.2) is 19.3 Å². The average molecular weight is 344 g/mol. The fourth-order valence-electron chi connectivity index (χ4n) is 2.66. The maximum atomic E-state index is 13.7. The lowest BCUT2D eigenvalue weighted by atomic mass is 9.99. The van der Waals surface area contributed by atoms with Gasteiger partial charge in [0.15, 0.2) is 0 Å². The van der Waals surface area contributed by atoms with Gasteiger partial charge in [-0.05, 0) is 72.3 Å². The van der Waals surface area contributed by atoms with Gasteiger partial charge in [-0.1, -0.05) is 13.0 Å². The lowest BCUT2D eigenvalue weighted by molar-refractivity contribution is 0.0996. The van der Waals surface area contributed by atoms with Crippen molar-refractivity contribution < 1.29 is 9.13 Å². The van der Waals surface area contributed by atoms with Gasteiger partial charge >= 0.3 is 0 Å². The Hall–Kier alpha value is -0.450. The highest BCUT2D eigenvalue weighted by molar-refractivity contribution is 9.10. The molecule has 4 heteroatoms. The van der Waals surface area contributed by atoms with Crippen LogP contribution in [0.4, 0.5) is 4.39 Å². The monoisotopic (exact) mass is 343 g/mol. The first kappa shape index (κ1) is 15.9. The van der Waals surface area contributed by atoms with Gasteiger partial charge < -0.3 is 10.1 Å². The summed E-state index contributed by atoms with van der Waals surface area (Å²) in [7, 11) is 0. The summed E-state index contributed by atoms with van der Waals surface area (Å²) in [5.74, 6) is -0.192. The van der Waals surface area contributed by atoms with Crippen molar-refractivity contribution in [3.05, 3.63) is 34.1 Å². The zero-order chi connectivity index (χ0) is 14.4. The lowest BCUT2D eigenvalue weighted by Crippen LogP contribution is -2.23. The molecule has 1 aliphatic rings. The van der Waals surface area contributed by atoms with Crippen LogP contribution in [0.5, 0.6) is 0 Å². The normalized spacial score (nSPS) is 20.2. The van der Waals surface area contributed by atoms with Crippen LogP contribution < -0.4 is 5.32 Å². The number of hydrogen-bond donors (Lipinski definition) is 1. The van der Waals surface area contributed by atoms with Gasteiger partial charge in [-0.3, -0.25) is 0 Å². The van der Waals surface area contributed by atoms with Gasteiger partial charge in [0.1, 0.15) is 5.82 Å². The SMILES string of the molecule is CCCNC(CCC1CCCO1)c1ccc(Br)c(F)c1. The summed E-state index contributed by atoms with van der Waals surface area (Å²) < 4.78 is 19.9. The highest BCUT2D eigenvalue weighted by Crippen LogP contribution is 2.26. The minimum atomic E-state index is -0.192. The molecule has 1 saturated heterocycles. The number of ether oxygens (including phenoxy) is 1. The van der Waals surface area contributed by atoms with Crippen LogP contribution in [0, 0.1) is 5.82 Å². The first-order valence-corrected chi connectivity index (χ1v) is 8.30. The summed E-state index contributed by atoms with van der Waals surface area (Å²) in [5.41, 5.74) is 1.03. The number of rotatable bonds is 7. The van der Waals surface area contributed by atoms with E-state index >= 15 is 0 Å². The van der Waals surface area contributed by atoms with Crippen molar-refractivity contribution in [2.24, 2.45) is 0 Å². The van der Waals surface area contributed by atoms with Crippen LogP contribution in [-0.2, 0) is 4.74 Å². The van der Waals surface area contributed by atoms with Crippen molar-refractivity contribution in [2.75, 3.05) is 13.2 Å². The fraction of sp³-hybridized carbons (Fsp3) is 0.625. The lowest BCUT2D eigenvalue weighted by Gasteiger charge is -2.21. The molecule has 1 aliphatic heterocycles. The molecule has 20 heavy (non-hydrogen) atoms. The topological polar surface area (TPSA) is 21.3 Å². The molecular formula is C16H23BrFNO. The molecule has 2 unspecified atom stereocenters. The van der Waals surface area contributed by atoms with Gasteiger partial charge in [-0.25, -0.2) is 4.39 Å². The van der Waals surface area contributed by atoms with Gasteiger partial charge in [0.05, 0.1) is 10.6 Å². The van der Waals surface area contributed by atoms with Gasteiger partial charge in [0, 0.05) is 12.6 Å². The van der Waals surface area contributed by atoms with E-state index in [1.807, 2.05) is 6.07 Å². The molecule has 0 amide bonds. The molecule has 1 heterocycles. The van der Waals surface area contributed by atoms with Crippen LogP contribution in [0.25, 0.3) is 0 Å². The molecule has 1 aromatic rings. The van der Waals surface area contributed by atoms with E-state index < -0.39 is 0 Å². The third kappa shape index (κ3) is 4.54. The Morgan fingerprint density at radius 3 is 3.00 bits per heavy atom. The van der Waals surface area contributed by atoms with E-state index in [0.717, 1.165) is 44.4 Å². The van der Waals surface area contributed by atoms with Gasteiger partial charge in [-0.2, -0.15) is 0 Å². The standard InChI is InChI=1S/C16H23BrFNO/c1-2-9-19-16(8-6-13-4-3-10-20-13)12-5-7-14(17)15(18)11-12/h5,7,11,13,16,19H,2-4,6,8-10H2,1H3. The Labute approximate surface area is 129 Å². The van der Waals surface area contributed by atoms with Crippen molar-refractivity contribution in [1.82, 2.24) is 5.32 Å². The predicted molar refractivity (Wildman–Crippen MR) is 83.3 cm³/mol. The van der Waals surface area contributed by atoms with E-state index in [2.05, 4.69) is 28.2 Å². The number of benzene rings is 1. The third-order valence-corrected chi connectivity index (χ3v) is 4.43. The summed E-state index contributed by atoms with van der Waals surface area (Å²) >= 11 is 3.21. The maximum absolute atomic E-state index is 13.7. The minimum absolute atomic E-state index is 0.192. The van der Waals surface area contributed by atoms with Crippen molar-refractivity contribution >= 4 is 15.9 Å².